The van der Waals surface area contributed by atoms with Crippen molar-refractivity contribution in [3.8, 4) is 0 Å². The number of benzene rings is 1. The van der Waals surface area contributed by atoms with Crippen molar-refractivity contribution in [2.75, 3.05) is 31.6 Å². The zero-order chi connectivity index (χ0) is 24.9. The third kappa shape index (κ3) is 4.10. The predicted molar refractivity (Wildman–Crippen MR) is 132 cm³/mol. The van der Waals surface area contributed by atoms with Crippen LogP contribution in [0.1, 0.15) is 31.7 Å². The molecule has 3 aromatic rings. The maximum absolute atomic E-state index is 15.4. The molecule has 0 spiro atoms. The number of hydrogen-bond donors (Lipinski definition) is 2. The van der Waals surface area contributed by atoms with Crippen LogP contribution >= 0.6 is 11.5 Å². The lowest BCUT2D eigenvalue weighted by Crippen LogP contribution is -2.24. The van der Waals surface area contributed by atoms with Gasteiger partial charge in [-0.3, -0.25) is 18.3 Å². The van der Waals surface area contributed by atoms with Crippen LogP contribution in [-0.4, -0.2) is 52.1 Å². The highest BCUT2D eigenvalue weighted by molar-refractivity contribution is 7.13. The average molecular weight is 504 g/mol. The zero-order valence-electron chi connectivity index (χ0n) is 19.2. The summed E-state index contributed by atoms with van der Waals surface area (Å²) < 4.78 is 18.8. The van der Waals surface area contributed by atoms with Gasteiger partial charge in [-0.25, -0.2) is 4.39 Å². The van der Waals surface area contributed by atoms with Crippen LogP contribution in [0.3, 0.4) is 0 Å². The molecule has 5 rings (SSSR count). The van der Waals surface area contributed by atoms with E-state index < -0.39 is 22.8 Å². The van der Waals surface area contributed by atoms with Gasteiger partial charge >= 0.3 is 5.97 Å². The van der Waals surface area contributed by atoms with Crippen molar-refractivity contribution < 1.29 is 19.1 Å². The third-order valence-corrected chi connectivity index (χ3v) is 7.77. The van der Waals surface area contributed by atoms with Crippen molar-refractivity contribution in [2.45, 2.75) is 38.3 Å². The molecule has 1 aliphatic heterocycles. The number of nitrogens with zero attached hydrogens (tertiary/aromatic N) is 4. The van der Waals surface area contributed by atoms with Gasteiger partial charge in [0.2, 0.25) is 5.43 Å². The number of pyridine rings is 1. The van der Waals surface area contributed by atoms with Gasteiger partial charge in [0, 0.05) is 43.4 Å². The SMILES string of the molecule is CO/N=C1/CN(c2cc3c(cc2F)c(=O)c2c(=O)n(CCCC(=O)O)sc2n3C2CC2)CC1CN. The zero-order valence-corrected chi connectivity index (χ0v) is 20.0. The largest absolute Gasteiger partial charge is 0.481 e. The number of oxime groups is 1. The Hall–Kier alpha value is -3.25. The summed E-state index contributed by atoms with van der Waals surface area (Å²) in [7, 11) is 1.46. The molecule has 2 aromatic heterocycles. The van der Waals surface area contributed by atoms with Crippen molar-refractivity contribution in [3.05, 3.63) is 38.5 Å². The fourth-order valence-corrected chi connectivity index (χ4v) is 5.99. The van der Waals surface area contributed by atoms with E-state index in [1.54, 1.807) is 6.07 Å². The van der Waals surface area contributed by atoms with Crippen LogP contribution in [0.15, 0.2) is 26.9 Å². The van der Waals surface area contributed by atoms with E-state index >= 15 is 4.39 Å². The molecule has 0 radical (unpaired) electrons. The second kappa shape index (κ2) is 9.08. The van der Waals surface area contributed by atoms with Crippen molar-refractivity contribution in [1.29, 1.82) is 0 Å². The molecule has 10 nitrogen and oxygen atoms in total. The summed E-state index contributed by atoms with van der Waals surface area (Å²) in [5.74, 6) is -1.56. The van der Waals surface area contributed by atoms with Gasteiger partial charge in [0.25, 0.3) is 5.56 Å². The highest BCUT2D eigenvalue weighted by Gasteiger charge is 2.33. The molecule has 3 heterocycles. The maximum Gasteiger partial charge on any atom is 0.303 e. The molecule has 35 heavy (non-hydrogen) atoms. The number of fused-ring (bicyclic) bond motifs is 2. The first kappa shape index (κ1) is 23.5. The number of carbonyl (C=O) groups is 1. The van der Waals surface area contributed by atoms with E-state index in [1.807, 2.05) is 9.47 Å². The molecular formula is C23H26FN5O5S. The van der Waals surface area contributed by atoms with Gasteiger partial charge in [-0.05, 0) is 42.9 Å². The van der Waals surface area contributed by atoms with Crippen molar-refractivity contribution in [1.82, 2.24) is 8.52 Å². The number of halogens is 1. The number of aliphatic carboxylic acids is 1. The minimum absolute atomic E-state index is 0.0377. The summed E-state index contributed by atoms with van der Waals surface area (Å²) in [5.41, 5.74) is 6.59. The number of carboxylic acids is 1. The summed E-state index contributed by atoms with van der Waals surface area (Å²) in [6.45, 7) is 1.40. The summed E-state index contributed by atoms with van der Waals surface area (Å²) >= 11 is 1.17. The monoisotopic (exact) mass is 503 g/mol. The van der Waals surface area contributed by atoms with E-state index in [0.717, 1.165) is 18.6 Å². The molecule has 1 saturated heterocycles. The topological polar surface area (TPSA) is 132 Å². The summed E-state index contributed by atoms with van der Waals surface area (Å²) in [6, 6.07) is 3.03. The lowest BCUT2D eigenvalue weighted by molar-refractivity contribution is -0.137. The second-order valence-electron chi connectivity index (χ2n) is 9.01. The van der Waals surface area contributed by atoms with E-state index in [-0.39, 0.29) is 42.1 Å². The van der Waals surface area contributed by atoms with Crippen LogP contribution in [0.4, 0.5) is 10.1 Å². The molecule has 3 N–H and O–H groups in total. The molecule has 1 saturated carbocycles. The number of anilines is 1. The molecule has 1 aliphatic carbocycles. The van der Waals surface area contributed by atoms with Gasteiger partial charge in [0.1, 0.15) is 23.1 Å². The number of nitrogens with two attached hydrogens (primary N) is 1. The Bertz CT molecular complexity index is 1470. The van der Waals surface area contributed by atoms with Gasteiger partial charge < -0.3 is 25.1 Å². The number of carboxylic acid groups (broad SMARTS) is 1. The standard InChI is InChI=1S/C23H26FN5O5S/c1-34-26-16-11-27(10-12(16)9-25)18-8-17-14(7-15(18)24)21(32)20-22(33)28(6-2-3-19(30)31)35-23(20)29(17)13-4-5-13/h7-8,12-13H,2-6,9-11,25H2,1H3,(H,30,31)/b26-16-. The molecule has 2 aliphatic rings. The van der Waals surface area contributed by atoms with Crippen molar-refractivity contribution in [2.24, 2.45) is 16.8 Å². The van der Waals surface area contributed by atoms with Crippen LogP contribution in [0.2, 0.25) is 0 Å². The quantitative estimate of drug-likeness (QED) is 0.450. The molecule has 2 fully saturated rings. The average Bonchev–Trinajstić information content (AvgIpc) is 3.49. The second-order valence-corrected chi connectivity index (χ2v) is 10.0. The van der Waals surface area contributed by atoms with E-state index in [4.69, 9.17) is 15.7 Å². The van der Waals surface area contributed by atoms with E-state index in [1.165, 1.54) is 28.7 Å². The lowest BCUT2D eigenvalue weighted by atomic mass is 10.1. The smallest absolute Gasteiger partial charge is 0.303 e. The first-order valence-electron chi connectivity index (χ1n) is 11.5. The Morgan fingerprint density at radius 2 is 2.11 bits per heavy atom. The number of rotatable bonds is 8. The Morgan fingerprint density at radius 3 is 2.77 bits per heavy atom. The van der Waals surface area contributed by atoms with Crippen LogP contribution in [0, 0.1) is 11.7 Å². The fourth-order valence-electron chi connectivity index (χ4n) is 4.78. The summed E-state index contributed by atoms with van der Waals surface area (Å²) in [5, 5.41) is 13.2. The van der Waals surface area contributed by atoms with Gasteiger partial charge in [0.05, 0.1) is 23.5 Å². The third-order valence-electron chi connectivity index (χ3n) is 6.63. The number of aromatic nitrogens is 2. The first-order chi connectivity index (χ1) is 16.8. The molecule has 186 valence electrons. The molecular weight excluding hydrogens is 477 g/mol. The highest BCUT2D eigenvalue weighted by Crippen LogP contribution is 2.41. The maximum atomic E-state index is 15.4. The van der Waals surface area contributed by atoms with E-state index in [2.05, 4.69) is 5.16 Å². The Kier molecular flexibility index (Phi) is 6.09. The van der Waals surface area contributed by atoms with Gasteiger partial charge in [-0.2, -0.15) is 0 Å². The molecule has 0 amide bonds. The molecule has 0 bridgehead atoms. The van der Waals surface area contributed by atoms with Crippen LogP contribution in [0.5, 0.6) is 0 Å². The lowest BCUT2D eigenvalue weighted by Gasteiger charge is -2.20. The van der Waals surface area contributed by atoms with Crippen LogP contribution in [-0.2, 0) is 16.2 Å². The van der Waals surface area contributed by atoms with E-state index in [9.17, 15) is 14.4 Å². The number of hydrogen-bond acceptors (Lipinski definition) is 8. The van der Waals surface area contributed by atoms with Crippen LogP contribution < -0.4 is 21.6 Å². The molecule has 1 unspecified atom stereocenters. The Morgan fingerprint density at radius 1 is 1.34 bits per heavy atom. The minimum atomic E-state index is -0.942. The summed E-state index contributed by atoms with van der Waals surface area (Å²) in [6.07, 6.45) is 2.00. The Labute approximate surface area is 203 Å². The predicted octanol–water partition coefficient (Wildman–Crippen LogP) is 2.11. The van der Waals surface area contributed by atoms with Gasteiger partial charge in [-0.15, -0.1) is 0 Å². The first-order valence-corrected chi connectivity index (χ1v) is 12.3. The van der Waals surface area contributed by atoms with Crippen LogP contribution in [0.25, 0.3) is 21.1 Å². The molecule has 1 aromatic carbocycles. The Balaban J connectivity index is 1.66. The molecule has 1 atom stereocenters. The van der Waals surface area contributed by atoms with E-state index in [0.29, 0.717) is 35.7 Å². The molecule has 12 heteroatoms. The minimum Gasteiger partial charge on any atom is -0.481 e. The van der Waals surface area contributed by atoms with Gasteiger partial charge in [0.15, 0.2) is 0 Å². The highest BCUT2D eigenvalue weighted by atomic mass is 32.1. The van der Waals surface area contributed by atoms with Gasteiger partial charge in [-0.1, -0.05) is 5.16 Å². The number of aryl methyl sites for hydroxylation is 1. The normalized spacial score (nSPS) is 19.3. The van der Waals surface area contributed by atoms with Crippen molar-refractivity contribution >= 4 is 50.0 Å². The summed E-state index contributed by atoms with van der Waals surface area (Å²) in [4.78, 5) is 44.6. The van der Waals surface area contributed by atoms with Crippen molar-refractivity contribution in [3.63, 3.8) is 0 Å². The fraction of sp³-hybridized carbons (Fsp3) is 0.478.